The summed E-state index contributed by atoms with van der Waals surface area (Å²) in [4.78, 5) is 11.7. The summed E-state index contributed by atoms with van der Waals surface area (Å²) >= 11 is 5.79. The van der Waals surface area contributed by atoms with Crippen molar-refractivity contribution in [3.63, 3.8) is 0 Å². The molecule has 1 N–H and O–H groups in total. The molecule has 0 heterocycles. The van der Waals surface area contributed by atoms with E-state index in [-0.39, 0.29) is 5.56 Å². The number of benzene rings is 2. The number of hydrogen-bond donors (Lipinski definition) is 1. The van der Waals surface area contributed by atoms with E-state index >= 15 is 0 Å². The van der Waals surface area contributed by atoms with Crippen molar-refractivity contribution < 1.29 is 18.0 Å². The molecule has 0 aliphatic carbocycles. The molecule has 0 bridgehead atoms. The third-order valence-corrected chi connectivity index (χ3v) is 2.97. The van der Waals surface area contributed by atoms with E-state index in [0.29, 0.717) is 10.7 Å². The first kappa shape index (κ1) is 16.1. The van der Waals surface area contributed by atoms with Gasteiger partial charge in [-0.2, -0.15) is 13.2 Å². The molecule has 2 nitrogen and oxygen atoms in total. The highest BCUT2D eigenvalue weighted by molar-refractivity contribution is 6.30. The summed E-state index contributed by atoms with van der Waals surface area (Å²) in [7, 11) is 0. The molecule has 0 aromatic heterocycles. The number of rotatable bonds is 3. The Morgan fingerprint density at radius 3 is 2.50 bits per heavy atom. The zero-order chi connectivity index (χ0) is 16.2. The standard InChI is InChI=1S/C16H11ClF3NO/c17-13-5-2-6-14(10-13)21-15(22)8-7-11-3-1-4-12(9-11)16(18,19)20/h1-10H,(H,21,22). The molecule has 0 saturated heterocycles. The minimum atomic E-state index is -4.41. The van der Waals surface area contributed by atoms with E-state index in [1.165, 1.54) is 18.2 Å². The Balaban J connectivity index is 2.07. The lowest BCUT2D eigenvalue weighted by Crippen LogP contribution is -2.07. The largest absolute Gasteiger partial charge is 0.416 e. The fraction of sp³-hybridized carbons (Fsp3) is 0.0625. The zero-order valence-electron chi connectivity index (χ0n) is 11.2. The quantitative estimate of drug-likeness (QED) is 0.790. The first-order valence-corrected chi connectivity index (χ1v) is 6.64. The predicted octanol–water partition coefficient (Wildman–Crippen LogP) is 5.01. The van der Waals surface area contributed by atoms with Gasteiger partial charge in [0.1, 0.15) is 0 Å². The number of alkyl halides is 3. The van der Waals surface area contributed by atoms with E-state index < -0.39 is 17.6 Å². The van der Waals surface area contributed by atoms with Crippen LogP contribution in [0.2, 0.25) is 5.02 Å². The molecule has 2 aromatic carbocycles. The Kier molecular flexibility index (Phi) is 4.88. The van der Waals surface area contributed by atoms with Gasteiger partial charge in [0.2, 0.25) is 5.91 Å². The normalized spacial score (nSPS) is 11.6. The van der Waals surface area contributed by atoms with E-state index in [4.69, 9.17) is 11.6 Å². The van der Waals surface area contributed by atoms with Crippen LogP contribution in [0.25, 0.3) is 6.08 Å². The monoisotopic (exact) mass is 325 g/mol. The molecule has 114 valence electrons. The van der Waals surface area contributed by atoms with Gasteiger partial charge in [-0.3, -0.25) is 4.79 Å². The van der Waals surface area contributed by atoms with E-state index in [1.807, 2.05) is 0 Å². The Morgan fingerprint density at radius 2 is 1.82 bits per heavy atom. The van der Waals surface area contributed by atoms with Gasteiger partial charge < -0.3 is 5.32 Å². The minimum Gasteiger partial charge on any atom is -0.322 e. The number of hydrogen-bond acceptors (Lipinski definition) is 1. The number of amides is 1. The van der Waals surface area contributed by atoms with Gasteiger partial charge in [-0.25, -0.2) is 0 Å². The maximum atomic E-state index is 12.6. The Morgan fingerprint density at radius 1 is 1.09 bits per heavy atom. The van der Waals surface area contributed by atoms with Crippen molar-refractivity contribution in [2.75, 3.05) is 5.32 Å². The van der Waals surface area contributed by atoms with Crippen LogP contribution in [0.4, 0.5) is 18.9 Å². The molecule has 0 radical (unpaired) electrons. The third kappa shape index (κ3) is 4.63. The number of halogens is 4. The first-order chi connectivity index (χ1) is 10.3. The van der Waals surface area contributed by atoms with Crippen molar-refractivity contribution in [1.82, 2.24) is 0 Å². The molecule has 2 aromatic rings. The highest BCUT2D eigenvalue weighted by Crippen LogP contribution is 2.29. The number of nitrogens with one attached hydrogen (secondary N) is 1. The summed E-state index contributed by atoms with van der Waals surface area (Å²) in [5.41, 5.74) is 0.0344. The second-order valence-electron chi connectivity index (χ2n) is 4.46. The molecule has 0 saturated carbocycles. The second-order valence-corrected chi connectivity index (χ2v) is 4.89. The summed E-state index contributed by atoms with van der Waals surface area (Å²) < 4.78 is 37.7. The van der Waals surface area contributed by atoms with Crippen LogP contribution in [-0.4, -0.2) is 5.91 Å². The SMILES string of the molecule is O=C(C=Cc1cccc(C(F)(F)F)c1)Nc1cccc(Cl)c1. The smallest absolute Gasteiger partial charge is 0.322 e. The van der Waals surface area contributed by atoms with Gasteiger partial charge in [-0.15, -0.1) is 0 Å². The van der Waals surface area contributed by atoms with Crippen molar-refractivity contribution >= 4 is 29.3 Å². The van der Waals surface area contributed by atoms with Crippen LogP contribution >= 0.6 is 11.6 Å². The van der Waals surface area contributed by atoms with Crippen LogP contribution in [0.15, 0.2) is 54.6 Å². The summed E-state index contributed by atoms with van der Waals surface area (Å²) in [6.45, 7) is 0. The highest BCUT2D eigenvalue weighted by atomic mass is 35.5. The lowest BCUT2D eigenvalue weighted by Gasteiger charge is -2.06. The van der Waals surface area contributed by atoms with Gasteiger partial charge in [0.05, 0.1) is 5.56 Å². The average molecular weight is 326 g/mol. The lowest BCUT2D eigenvalue weighted by atomic mass is 10.1. The van der Waals surface area contributed by atoms with Crippen LogP contribution in [0.1, 0.15) is 11.1 Å². The highest BCUT2D eigenvalue weighted by Gasteiger charge is 2.30. The molecule has 0 aliphatic rings. The first-order valence-electron chi connectivity index (χ1n) is 6.26. The van der Waals surface area contributed by atoms with E-state index in [2.05, 4.69) is 5.32 Å². The molecule has 2 rings (SSSR count). The fourth-order valence-corrected chi connectivity index (χ4v) is 1.93. The maximum Gasteiger partial charge on any atom is 0.416 e. The predicted molar refractivity (Wildman–Crippen MR) is 80.6 cm³/mol. The fourth-order valence-electron chi connectivity index (χ4n) is 1.74. The average Bonchev–Trinajstić information content (AvgIpc) is 2.45. The van der Waals surface area contributed by atoms with E-state index in [1.54, 1.807) is 24.3 Å². The summed E-state index contributed by atoms with van der Waals surface area (Å²) in [5.74, 6) is -0.459. The molecular weight excluding hydrogens is 315 g/mol. The molecule has 22 heavy (non-hydrogen) atoms. The van der Waals surface area contributed by atoms with Crippen molar-refractivity contribution in [2.24, 2.45) is 0 Å². The van der Waals surface area contributed by atoms with Gasteiger partial charge in [0.25, 0.3) is 0 Å². The van der Waals surface area contributed by atoms with Crippen molar-refractivity contribution in [3.8, 4) is 0 Å². The number of carbonyl (C=O) groups is 1. The summed E-state index contributed by atoms with van der Waals surface area (Å²) in [5, 5.41) is 3.04. The van der Waals surface area contributed by atoms with Gasteiger partial charge in [-0.05, 0) is 42.0 Å². The van der Waals surface area contributed by atoms with Crippen LogP contribution in [0.5, 0.6) is 0 Å². The molecule has 0 fully saturated rings. The van der Waals surface area contributed by atoms with Crippen LogP contribution < -0.4 is 5.32 Å². The van der Waals surface area contributed by atoms with Crippen LogP contribution in [0.3, 0.4) is 0 Å². The molecule has 6 heteroatoms. The molecular formula is C16H11ClF3NO. The van der Waals surface area contributed by atoms with Gasteiger partial charge in [0, 0.05) is 16.8 Å². The van der Waals surface area contributed by atoms with Crippen LogP contribution in [0, 0.1) is 0 Å². The molecule has 0 aliphatic heterocycles. The van der Waals surface area contributed by atoms with E-state index in [9.17, 15) is 18.0 Å². The topological polar surface area (TPSA) is 29.1 Å². The summed E-state index contributed by atoms with van der Waals surface area (Å²) in [6.07, 6.45) is -1.93. The number of anilines is 1. The van der Waals surface area contributed by atoms with Crippen molar-refractivity contribution in [3.05, 3.63) is 70.8 Å². The summed E-state index contributed by atoms with van der Waals surface area (Å²) in [6, 6.07) is 11.3. The Labute approximate surface area is 130 Å². The van der Waals surface area contributed by atoms with Crippen molar-refractivity contribution in [1.29, 1.82) is 0 Å². The van der Waals surface area contributed by atoms with Gasteiger partial charge in [0.15, 0.2) is 0 Å². The molecule has 0 spiro atoms. The van der Waals surface area contributed by atoms with Gasteiger partial charge >= 0.3 is 6.18 Å². The minimum absolute atomic E-state index is 0.288. The Hall–Kier alpha value is -2.27. The Bertz CT molecular complexity index is 711. The molecule has 0 atom stereocenters. The van der Waals surface area contributed by atoms with Crippen molar-refractivity contribution in [2.45, 2.75) is 6.18 Å². The zero-order valence-corrected chi connectivity index (χ0v) is 11.9. The number of carbonyl (C=O) groups excluding carboxylic acids is 1. The second kappa shape index (κ2) is 6.66. The molecule has 0 unspecified atom stereocenters. The van der Waals surface area contributed by atoms with E-state index in [0.717, 1.165) is 18.2 Å². The maximum absolute atomic E-state index is 12.6. The third-order valence-electron chi connectivity index (χ3n) is 2.73. The lowest BCUT2D eigenvalue weighted by molar-refractivity contribution is -0.137. The van der Waals surface area contributed by atoms with Crippen LogP contribution in [-0.2, 0) is 11.0 Å². The molecule has 1 amide bonds. The van der Waals surface area contributed by atoms with Gasteiger partial charge in [-0.1, -0.05) is 29.8 Å².